The van der Waals surface area contributed by atoms with E-state index in [0.717, 1.165) is 31.7 Å². The first-order valence-electron chi connectivity index (χ1n) is 8.22. The van der Waals surface area contributed by atoms with Crippen LogP contribution in [0.15, 0.2) is 36.8 Å². The summed E-state index contributed by atoms with van der Waals surface area (Å²) >= 11 is 0. The molecule has 2 aromatic heterocycles. The van der Waals surface area contributed by atoms with Crippen LogP contribution < -0.4 is 5.32 Å². The van der Waals surface area contributed by atoms with Gasteiger partial charge in [0.1, 0.15) is 0 Å². The minimum atomic E-state index is -0.190. The van der Waals surface area contributed by atoms with Gasteiger partial charge in [-0.25, -0.2) is 4.79 Å². The second-order valence-electron chi connectivity index (χ2n) is 6.06. The Morgan fingerprint density at radius 1 is 1.54 bits per heavy atom. The average molecular weight is 329 g/mol. The van der Waals surface area contributed by atoms with E-state index in [-0.39, 0.29) is 18.2 Å². The van der Waals surface area contributed by atoms with E-state index < -0.39 is 0 Å². The van der Waals surface area contributed by atoms with Crippen LogP contribution in [-0.2, 0) is 11.3 Å². The third-order valence-electron chi connectivity index (χ3n) is 4.32. The van der Waals surface area contributed by atoms with Gasteiger partial charge in [-0.2, -0.15) is 5.10 Å². The van der Waals surface area contributed by atoms with Gasteiger partial charge in [0.15, 0.2) is 0 Å². The number of urea groups is 1. The topological polar surface area (TPSA) is 72.3 Å². The zero-order valence-electron chi connectivity index (χ0n) is 14.1. The Kier molecular flexibility index (Phi) is 5.10. The smallest absolute Gasteiger partial charge is 0.322 e. The monoisotopic (exact) mass is 329 g/mol. The van der Waals surface area contributed by atoms with Crippen LogP contribution in [0.4, 0.5) is 10.5 Å². The molecule has 2 atom stereocenters. The van der Waals surface area contributed by atoms with Gasteiger partial charge in [0.25, 0.3) is 0 Å². The minimum absolute atomic E-state index is 0.117. The molecule has 3 rings (SSSR count). The Balaban J connectivity index is 1.57. The molecule has 1 N–H and O–H groups in total. The molecule has 1 saturated heterocycles. The summed E-state index contributed by atoms with van der Waals surface area (Å²) in [4.78, 5) is 18.3. The predicted octanol–water partition coefficient (Wildman–Crippen LogP) is 2.68. The molecule has 2 amide bonds. The summed E-state index contributed by atoms with van der Waals surface area (Å²) in [5.74, 6) is 0. The molecule has 0 bridgehead atoms. The van der Waals surface area contributed by atoms with Crippen molar-refractivity contribution in [2.45, 2.75) is 38.5 Å². The molecule has 0 radical (unpaired) electrons. The second kappa shape index (κ2) is 7.44. The zero-order chi connectivity index (χ0) is 16.9. The summed E-state index contributed by atoms with van der Waals surface area (Å²) in [6, 6.07) is 5.38. The van der Waals surface area contributed by atoms with Crippen LogP contribution >= 0.6 is 0 Å². The van der Waals surface area contributed by atoms with Crippen LogP contribution in [0, 0.1) is 0 Å². The highest BCUT2D eigenvalue weighted by molar-refractivity contribution is 5.89. The van der Waals surface area contributed by atoms with Crippen LogP contribution in [0.2, 0.25) is 0 Å². The highest BCUT2D eigenvalue weighted by atomic mass is 16.5. The highest BCUT2D eigenvalue weighted by Crippen LogP contribution is 2.18. The lowest BCUT2D eigenvalue weighted by atomic mass is 10.2. The maximum absolute atomic E-state index is 12.4. The number of amides is 2. The van der Waals surface area contributed by atoms with E-state index in [1.54, 1.807) is 24.3 Å². The van der Waals surface area contributed by atoms with Gasteiger partial charge in [0.2, 0.25) is 0 Å². The lowest BCUT2D eigenvalue weighted by Crippen LogP contribution is -2.33. The number of carbonyl (C=O) groups is 1. The molecule has 1 aliphatic rings. The SMILES string of the molecule is CC(c1ccccn1)N(C)C(=O)Nc1cnn(CC2CCCO2)c1. The summed E-state index contributed by atoms with van der Waals surface area (Å²) < 4.78 is 7.42. The fraction of sp³-hybridized carbons (Fsp3) is 0.471. The lowest BCUT2D eigenvalue weighted by Gasteiger charge is -2.24. The van der Waals surface area contributed by atoms with Crippen molar-refractivity contribution >= 4 is 11.7 Å². The molecule has 2 unspecified atom stereocenters. The Morgan fingerprint density at radius 3 is 3.12 bits per heavy atom. The maximum atomic E-state index is 12.4. The molecule has 0 spiro atoms. The summed E-state index contributed by atoms with van der Waals surface area (Å²) in [7, 11) is 1.76. The number of ether oxygens (including phenoxy) is 1. The molecule has 24 heavy (non-hydrogen) atoms. The largest absolute Gasteiger partial charge is 0.376 e. The number of aromatic nitrogens is 3. The molecule has 128 valence electrons. The first-order chi connectivity index (χ1) is 11.6. The van der Waals surface area contributed by atoms with Gasteiger partial charge in [-0.3, -0.25) is 9.67 Å². The first-order valence-corrected chi connectivity index (χ1v) is 8.22. The number of hydrogen-bond donors (Lipinski definition) is 1. The number of anilines is 1. The number of carbonyl (C=O) groups excluding carboxylic acids is 1. The summed E-state index contributed by atoms with van der Waals surface area (Å²) in [5, 5.41) is 7.16. The molecule has 1 fully saturated rings. The van der Waals surface area contributed by atoms with Crippen molar-refractivity contribution in [3.63, 3.8) is 0 Å². The van der Waals surface area contributed by atoms with Gasteiger partial charge in [0, 0.05) is 26.0 Å². The van der Waals surface area contributed by atoms with E-state index in [1.165, 1.54) is 0 Å². The van der Waals surface area contributed by atoms with Crippen molar-refractivity contribution in [1.82, 2.24) is 19.7 Å². The number of hydrogen-bond acceptors (Lipinski definition) is 4. The van der Waals surface area contributed by atoms with Crippen molar-refractivity contribution < 1.29 is 9.53 Å². The summed E-state index contributed by atoms with van der Waals surface area (Å²) in [6.45, 7) is 3.49. The standard InChI is InChI=1S/C17H23N5O2/c1-13(16-7-3-4-8-18-16)21(2)17(23)20-14-10-19-22(11-14)12-15-6-5-9-24-15/h3-4,7-8,10-11,13,15H,5-6,9,12H2,1-2H3,(H,20,23). The number of rotatable bonds is 5. The molecular weight excluding hydrogens is 306 g/mol. The molecule has 2 aromatic rings. The zero-order valence-corrected chi connectivity index (χ0v) is 14.1. The normalized spacial score (nSPS) is 18.3. The Morgan fingerprint density at radius 2 is 2.42 bits per heavy atom. The van der Waals surface area contributed by atoms with E-state index in [0.29, 0.717) is 5.69 Å². The van der Waals surface area contributed by atoms with Gasteiger partial charge in [-0.15, -0.1) is 0 Å². The molecule has 0 aromatic carbocycles. The van der Waals surface area contributed by atoms with Gasteiger partial charge in [-0.05, 0) is 31.9 Å². The van der Waals surface area contributed by atoms with Crippen molar-refractivity contribution in [3.8, 4) is 0 Å². The van der Waals surface area contributed by atoms with E-state index >= 15 is 0 Å². The average Bonchev–Trinajstić information content (AvgIpc) is 3.27. The van der Waals surface area contributed by atoms with Crippen molar-refractivity contribution in [2.24, 2.45) is 0 Å². The Hall–Kier alpha value is -2.41. The van der Waals surface area contributed by atoms with Crippen molar-refractivity contribution in [3.05, 3.63) is 42.5 Å². The fourth-order valence-corrected chi connectivity index (χ4v) is 2.73. The number of nitrogens with zero attached hydrogens (tertiary/aromatic N) is 4. The predicted molar refractivity (Wildman–Crippen MR) is 90.6 cm³/mol. The van der Waals surface area contributed by atoms with Crippen LogP contribution in [0.25, 0.3) is 0 Å². The molecule has 3 heterocycles. The Bertz CT molecular complexity index is 667. The number of pyridine rings is 1. The van der Waals surface area contributed by atoms with Crippen LogP contribution in [0.1, 0.15) is 31.5 Å². The van der Waals surface area contributed by atoms with E-state index in [1.807, 2.05) is 36.0 Å². The fourth-order valence-electron chi connectivity index (χ4n) is 2.73. The minimum Gasteiger partial charge on any atom is -0.376 e. The van der Waals surface area contributed by atoms with E-state index in [9.17, 15) is 4.79 Å². The molecule has 0 aliphatic carbocycles. The van der Waals surface area contributed by atoms with Gasteiger partial charge in [0.05, 0.1) is 36.3 Å². The molecule has 7 nitrogen and oxygen atoms in total. The van der Waals surface area contributed by atoms with Crippen molar-refractivity contribution in [1.29, 1.82) is 0 Å². The Labute approximate surface area is 141 Å². The molecule has 0 saturated carbocycles. The highest BCUT2D eigenvalue weighted by Gasteiger charge is 2.20. The number of nitrogens with one attached hydrogen (secondary N) is 1. The van der Waals surface area contributed by atoms with E-state index in [2.05, 4.69) is 15.4 Å². The van der Waals surface area contributed by atoms with E-state index in [4.69, 9.17) is 4.74 Å². The summed E-state index contributed by atoms with van der Waals surface area (Å²) in [5.41, 5.74) is 1.53. The third kappa shape index (κ3) is 3.91. The molecule has 1 aliphatic heterocycles. The van der Waals surface area contributed by atoms with Crippen LogP contribution in [-0.4, -0.2) is 45.5 Å². The van der Waals surface area contributed by atoms with Crippen molar-refractivity contribution in [2.75, 3.05) is 19.0 Å². The lowest BCUT2D eigenvalue weighted by molar-refractivity contribution is 0.0940. The van der Waals surface area contributed by atoms with Crippen LogP contribution in [0.5, 0.6) is 0 Å². The quantitative estimate of drug-likeness (QED) is 0.915. The van der Waals surface area contributed by atoms with Crippen LogP contribution in [0.3, 0.4) is 0 Å². The maximum Gasteiger partial charge on any atom is 0.322 e. The molecular formula is C17H23N5O2. The van der Waals surface area contributed by atoms with Gasteiger partial charge >= 0.3 is 6.03 Å². The summed E-state index contributed by atoms with van der Waals surface area (Å²) in [6.07, 6.45) is 7.61. The van der Waals surface area contributed by atoms with Gasteiger partial charge < -0.3 is 15.0 Å². The second-order valence-corrected chi connectivity index (χ2v) is 6.06. The molecule has 7 heteroatoms. The van der Waals surface area contributed by atoms with Gasteiger partial charge in [-0.1, -0.05) is 6.07 Å². The first kappa shape index (κ1) is 16.4. The third-order valence-corrected chi connectivity index (χ3v) is 4.32.